The summed E-state index contributed by atoms with van der Waals surface area (Å²) in [5, 5.41) is 3.36. The lowest BCUT2D eigenvalue weighted by Crippen LogP contribution is -2.21. The van der Waals surface area contributed by atoms with E-state index in [-0.39, 0.29) is 23.4 Å². The fourth-order valence-corrected chi connectivity index (χ4v) is 2.15. The monoisotopic (exact) mass is 291 g/mol. The molecule has 0 spiro atoms. The molecular weight excluding hydrogens is 272 g/mol. The minimum atomic E-state index is -0.361. The van der Waals surface area contributed by atoms with Gasteiger partial charge in [0.15, 0.2) is 11.6 Å². The zero-order chi connectivity index (χ0) is 15.2. The normalized spacial score (nSPS) is 12.2. The lowest BCUT2D eigenvalue weighted by molar-refractivity contribution is 0.385. The molecule has 0 saturated heterocycles. The van der Waals surface area contributed by atoms with Gasteiger partial charge in [0.25, 0.3) is 0 Å². The molecule has 0 amide bonds. The van der Waals surface area contributed by atoms with Crippen LogP contribution in [0.1, 0.15) is 24.1 Å². The van der Waals surface area contributed by atoms with Crippen LogP contribution < -0.4 is 10.1 Å². The average molecular weight is 291 g/mol. The topological polar surface area (TPSA) is 21.3 Å². The first-order valence-corrected chi connectivity index (χ1v) is 6.91. The van der Waals surface area contributed by atoms with Crippen LogP contribution in [0.4, 0.5) is 8.78 Å². The molecule has 0 radical (unpaired) electrons. The molecule has 2 aromatic rings. The summed E-state index contributed by atoms with van der Waals surface area (Å²) in [5.74, 6) is -0.335. The van der Waals surface area contributed by atoms with Crippen LogP contribution in [-0.2, 0) is 6.42 Å². The first kappa shape index (κ1) is 15.4. The van der Waals surface area contributed by atoms with Gasteiger partial charge in [0.2, 0.25) is 0 Å². The van der Waals surface area contributed by atoms with Gasteiger partial charge in [-0.15, -0.1) is 0 Å². The van der Waals surface area contributed by atoms with Crippen molar-refractivity contribution >= 4 is 0 Å². The molecular formula is C17H19F2NO. The quantitative estimate of drug-likeness (QED) is 0.872. The van der Waals surface area contributed by atoms with Crippen LogP contribution in [0.5, 0.6) is 5.75 Å². The van der Waals surface area contributed by atoms with Crippen LogP contribution >= 0.6 is 0 Å². The number of hydrogen-bond donors (Lipinski definition) is 1. The number of hydrogen-bond acceptors (Lipinski definition) is 2. The third-order valence-corrected chi connectivity index (χ3v) is 3.45. The Morgan fingerprint density at radius 1 is 1.10 bits per heavy atom. The van der Waals surface area contributed by atoms with Crippen molar-refractivity contribution in [2.75, 3.05) is 13.7 Å². The second-order valence-electron chi connectivity index (χ2n) is 4.95. The highest BCUT2D eigenvalue weighted by Crippen LogP contribution is 2.22. The molecule has 1 atom stereocenters. The van der Waals surface area contributed by atoms with Gasteiger partial charge in [0.1, 0.15) is 5.82 Å². The number of rotatable bonds is 6. The van der Waals surface area contributed by atoms with Crippen molar-refractivity contribution in [2.24, 2.45) is 0 Å². The maximum Gasteiger partial charge on any atom is 0.165 e. The van der Waals surface area contributed by atoms with E-state index in [4.69, 9.17) is 4.74 Å². The molecule has 0 bridgehead atoms. The predicted molar refractivity (Wildman–Crippen MR) is 79.5 cm³/mol. The standard InChI is InChI=1S/C17H19F2NO/c1-12(14-5-8-16(19)17(11-14)21-2)20-10-9-13-3-6-15(18)7-4-13/h3-8,11-12,20H,9-10H2,1-2H3. The fourth-order valence-electron chi connectivity index (χ4n) is 2.15. The lowest BCUT2D eigenvalue weighted by atomic mass is 10.1. The van der Waals surface area contributed by atoms with E-state index >= 15 is 0 Å². The van der Waals surface area contributed by atoms with Crippen molar-refractivity contribution in [1.29, 1.82) is 0 Å². The molecule has 112 valence electrons. The molecule has 0 heterocycles. The molecule has 0 saturated carbocycles. The minimum absolute atomic E-state index is 0.0833. The highest BCUT2D eigenvalue weighted by molar-refractivity contribution is 5.32. The summed E-state index contributed by atoms with van der Waals surface area (Å²) in [5.41, 5.74) is 2.04. The van der Waals surface area contributed by atoms with Crippen LogP contribution in [0, 0.1) is 11.6 Å². The summed E-state index contributed by atoms with van der Waals surface area (Å²) in [6.07, 6.45) is 0.808. The third-order valence-electron chi connectivity index (χ3n) is 3.45. The Morgan fingerprint density at radius 2 is 1.81 bits per heavy atom. The van der Waals surface area contributed by atoms with Gasteiger partial charge in [0.05, 0.1) is 7.11 Å². The molecule has 0 aliphatic carbocycles. The van der Waals surface area contributed by atoms with Gasteiger partial charge in [-0.2, -0.15) is 0 Å². The molecule has 0 aromatic heterocycles. The molecule has 2 nitrogen and oxygen atoms in total. The Morgan fingerprint density at radius 3 is 2.48 bits per heavy atom. The van der Waals surface area contributed by atoms with E-state index in [1.165, 1.54) is 25.3 Å². The van der Waals surface area contributed by atoms with Gasteiger partial charge in [0, 0.05) is 6.04 Å². The van der Waals surface area contributed by atoms with Gasteiger partial charge >= 0.3 is 0 Å². The van der Waals surface area contributed by atoms with Crippen molar-refractivity contribution in [3.05, 3.63) is 65.2 Å². The van der Waals surface area contributed by atoms with E-state index < -0.39 is 0 Å². The summed E-state index contributed by atoms with van der Waals surface area (Å²) in [6.45, 7) is 2.77. The van der Waals surface area contributed by atoms with Crippen LogP contribution in [0.2, 0.25) is 0 Å². The first-order valence-electron chi connectivity index (χ1n) is 6.91. The zero-order valence-corrected chi connectivity index (χ0v) is 12.2. The van der Waals surface area contributed by atoms with Crippen molar-refractivity contribution in [3.8, 4) is 5.75 Å². The zero-order valence-electron chi connectivity index (χ0n) is 12.2. The van der Waals surface area contributed by atoms with E-state index in [1.807, 2.05) is 6.92 Å². The van der Waals surface area contributed by atoms with E-state index in [2.05, 4.69) is 5.32 Å². The van der Waals surface area contributed by atoms with Crippen molar-refractivity contribution in [1.82, 2.24) is 5.32 Å². The van der Waals surface area contributed by atoms with E-state index in [1.54, 1.807) is 24.3 Å². The van der Waals surface area contributed by atoms with Crippen molar-refractivity contribution in [2.45, 2.75) is 19.4 Å². The van der Waals surface area contributed by atoms with E-state index in [0.29, 0.717) is 0 Å². The molecule has 1 unspecified atom stereocenters. The smallest absolute Gasteiger partial charge is 0.165 e. The van der Waals surface area contributed by atoms with Gasteiger partial charge in [-0.3, -0.25) is 0 Å². The summed E-state index contributed by atoms with van der Waals surface area (Å²) < 4.78 is 31.2. The summed E-state index contributed by atoms with van der Waals surface area (Å²) >= 11 is 0. The number of halogens is 2. The molecule has 4 heteroatoms. The molecule has 1 N–H and O–H groups in total. The molecule has 21 heavy (non-hydrogen) atoms. The van der Waals surface area contributed by atoms with Crippen molar-refractivity contribution in [3.63, 3.8) is 0 Å². The Labute approximate surface area is 123 Å². The number of methoxy groups -OCH3 is 1. The van der Waals surface area contributed by atoms with Crippen LogP contribution in [0.25, 0.3) is 0 Å². The highest BCUT2D eigenvalue weighted by atomic mass is 19.1. The van der Waals surface area contributed by atoms with Gasteiger partial charge in [-0.1, -0.05) is 18.2 Å². The Hall–Kier alpha value is -1.94. The second-order valence-corrected chi connectivity index (χ2v) is 4.95. The Balaban J connectivity index is 1.89. The molecule has 0 fully saturated rings. The number of ether oxygens (including phenoxy) is 1. The van der Waals surface area contributed by atoms with Crippen LogP contribution in [0.3, 0.4) is 0 Å². The SMILES string of the molecule is COc1cc(C(C)NCCc2ccc(F)cc2)ccc1F. The maximum absolute atomic E-state index is 13.4. The lowest BCUT2D eigenvalue weighted by Gasteiger charge is -2.15. The molecule has 0 aliphatic heterocycles. The van der Waals surface area contributed by atoms with Gasteiger partial charge in [-0.05, 0) is 55.3 Å². The maximum atomic E-state index is 13.4. The minimum Gasteiger partial charge on any atom is -0.494 e. The van der Waals surface area contributed by atoms with Gasteiger partial charge < -0.3 is 10.1 Å². The Bertz CT molecular complexity index is 584. The number of benzene rings is 2. The fraction of sp³-hybridized carbons (Fsp3) is 0.294. The molecule has 0 aliphatic rings. The molecule has 2 aromatic carbocycles. The third kappa shape index (κ3) is 4.26. The Kier molecular flexibility index (Phi) is 5.28. The largest absolute Gasteiger partial charge is 0.494 e. The number of nitrogens with one attached hydrogen (secondary N) is 1. The predicted octanol–water partition coefficient (Wildman–Crippen LogP) is 3.87. The molecule has 2 rings (SSSR count). The van der Waals surface area contributed by atoms with Gasteiger partial charge in [-0.25, -0.2) is 8.78 Å². The highest BCUT2D eigenvalue weighted by Gasteiger charge is 2.09. The van der Waals surface area contributed by atoms with E-state index in [0.717, 1.165) is 24.1 Å². The first-order chi connectivity index (χ1) is 10.1. The summed E-state index contributed by atoms with van der Waals surface area (Å²) in [4.78, 5) is 0. The van der Waals surface area contributed by atoms with Crippen LogP contribution in [-0.4, -0.2) is 13.7 Å². The summed E-state index contributed by atoms with van der Waals surface area (Å²) in [7, 11) is 1.45. The second kappa shape index (κ2) is 7.18. The average Bonchev–Trinajstić information content (AvgIpc) is 2.49. The van der Waals surface area contributed by atoms with Crippen molar-refractivity contribution < 1.29 is 13.5 Å². The van der Waals surface area contributed by atoms with E-state index in [9.17, 15) is 8.78 Å². The van der Waals surface area contributed by atoms with Crippen LogP contribution in [0.15, 0.2) is 42.5 Å². The summed E-state index contributed by atoms with van der Waals surface area (Å²) in [6, 6.07) is 11.4.